The number of pyridine rings is 1. The van der Waals surface area contributed by atoms with Gasteiger partial charge < -0.3 is 9.84 Å². The van der Waals surface area contributed by atoms with Crippen molar-refractivity contribution in [2.45, 2.75) is 5.60 Å². The van der Waals surface area contributed by atoms with Crippen LogP contribution in [0.2, 0.25) is 0 Å². The van der Waals surface area contributed by atoms with Gasteiger partial charge in [0.1, 0.15) is 5.60 Å². The summed E-state index contributed by atoms with van der Waals surface area (Å²) in [4.78, 5) is 4.04. The Morgan fingerprint density at radius 3 is 2.41 bits per heavy atom. The van der Waals surface area contributed by atoms with Gasteiger partial charge in [0.25, 0.3) is 0 Å². The maximum Gasteiger partial charge on any atom is 0.139 e. The minimum absolute atomic E-state index is 0.197. The fraction of sp³-hybridized carbons (Fsp3) is 0.214. The van der Waals surface area contributed by atoms with Crippen molar-refractivity contribution >= 4 is 0 Å². The van der Waals surface area contributed by atoms with Crippen molar-refractivity contribution in [1.29, 1.82) is 0 Å². The highest BCUT2D eigenvalue weighted by molar-refractivity contribution is 5.34. The fourth-order valence-corrected chi connectivity index (χ4v) is 1.86. The third-order valence-corrected chi connectivity index (χ3v) is 2.74. The van der Waals surface area contributed by atoms with E-state index in [-0.39, 0.29) is 6.61 Å². The Bertz CT molecular complexity index is 417. The first-order valence-electron chi connectivity index (χ1n) is 5.45. The van der Waals surface area contributed by atoms with E-state index in [1.165, 1.54) is 0 Å². The summed E-state index contributed by atoms with van der Waals surface area (Å²) in [6, 6.07) is 13.1. The molecule has 0 amide bonds. The minimum atomic E-state index is -1.15. The van der Waals surface area contributed by atoms with E-state index in [2.05, 4.69) is 4.98 Å². The van der Waals surface area contributed by atoms with Gasteiger partial charge in [0.2, 0.25) is 0 Å². The molecule has 1 heterocycles. The van der Waals surface area contributed by atoms with Crippen molar-refractivity contribution in [1.82, 2.24) is 4.98 Å². The summed E-state index contributed by atoms with van der Waals surface area (Å²) >= 11 is 0. The van der Waals surface area contributed by atoms with E-state index in [1.807, 2.05) is 36.4 Å². The van der Waals surface area contributed by atoms with Gasteiger partial charge in [-0.15, -0.1) is 0 Å². The molecule has 1 aromatic carbocycles. The molecule has 0 radical (unpaired) electrons. The number of rotatable bonds is 4. The van der Waals surface area contributed by atoms with Crippen LogP contribution < -0.4 is 0 Å². The van der Waals surface area contributed by atoms with E-state index < -0.39 is 5.60 Å². The minimum Gasteiger partial charge on any atom is -0.381 e. The van der Waals surface area contributed by atoms with E-state index in [0.717, 1.165) is 11.1 Å². The van der Waals surface area contributed by atoms with Gasteiger partial charge in [-0.05, 0) is 11.6 Å². The van der Waals surface area contributed by atoms with E-state index in [4.69, 9.17) is 4.74 Å². The molecule has 2 aromatic rings. The van der Waals surface area contributed by atoms with Crippen LogP contribution in [-0.4, -0.2) is 23.8 Å². The molecule has 1 unspecified atom stereocenters. The number of nitrogens with zero attached hydrogens (tertiary/aromatic N) is 1. The first kappa shape index (κ1) is 11.8. The third kappa shape index (κ3) is 2.35. The number of aliphatic hydroxyl groups is 1. The van der Waals surface area contributed by atoms with E-state index in [0.29, 0.717) is 0 Å². The predicted octanol–water partition coefficient (Wildman–Crippen LogP) is 1.96. The molecule has 0 fully saturated rings. The smallest absolute Gasteiger partial charge is 0.139 e. The molecule has 0 aliphatic carbocycles. The molecule has 1 aromatic heterocycles. The quantitative estimate of drug-likeness (QED) is 0.871. The monoisotopic (exact) mass is 229 g/mol. The standard InChI is InChI=1S/C14H15NO2/c1-17-11-14(16,12-6-3-2-4-7-12)13-8-5-9-15-10-13/h2-10,16H,11H2,1H3. The van der Waals surface area contributed by atoms with Crippen LogP contribution in [0.15, 0.2) is 54.9 Å². The van der Waals surface area contributed by atoms with Gasteiger partial charge in [-0.25, -0.2) is 0 Å². The summed E-state index contributed by atoms with van der Waals surface area (Å²) < 4.78 is 5.14. The summed E-state index contributed by atoms with van der Waals surface area (Å²) in [5.41, 5.74) is 0.382. The lowest BCUT2D eigenvalue weighted by molar-refractivity contribution is -0.00351. The summed E-state index contributed by atoms with van der Waals surface area (Å²) in [6.07, 6.45) is 3.34. The second-order valence-electron chi connectivity index (χ2n) is 3.90. The molecule has 0 aliphatic rings. The van der Waals surface area contributed by atoms with E-state index in [1.54, 1.807) is 25.6 Å². The van der Waals surface area contributed by atoms with Gasteiger partial charge in [-0.3, -0.25) is 4.98 Å². The van der Waals surface area contributed by atoms with Crippen LogP contribution in [0.4, 0.5) is 0 Å². The van der Waals surface area contributed by atoms with Gasteiger partial charge in [-0.1, -0.05) is 36.4 Å². The lowest BCUT2D eigenvalue weighted by atomic mass is 9.88. The zero-order valence-electron chi connectivity index (χ0n) is 9.71. The zero-order valence-corrected chi connectivity index (χ0v) is 9.71. The molecule has 2 rings (SSSR count). The lowest BCUT2D eigenvalue weighted by Gasteiger charge is -2.28. The van der Waals surface area contributed by atoms with Crippen LogP contribution in [0.5, 0.6) is 0 Å². The Balaban J connectivity index is 2.47. The van der Waals surface area contributed by atoms with Crippen molar-refractivity contribution in [3.05, 3.63) is 66.0 Å². The summed E-state index contributed by atoms with van der Waals surface area (Å²) in [5, 5.41) is 10.8. The van der Waals surface area contributed by atoms with Crippen molar-refractivity contribution < 1.29 is 9.84 Å². The number of benzene rings is 1. The highest BCUT2D eigenvalue weighted by Crippen LogP contribution is 2.29. The predicted molar refractivity (Wildman–Crippen MR) is 65.6 cm³/mol. The Hall–Kier alpha value is -1.71. The second kappa shape index (κ2) is 5.08. The molecule has 1 atom stereocenters. The molecular weight excluding hydrogens is 214 g/mol. The van der Waals surface area contributed by atoms with E-state index in [9.17, 15) is 5.11 Å². The zero-order chi connectivity index (χ0) is 12.1. The molecule has 0 bridgehead atoms. The van der Waals surface area contributed by atoms with Crippen molar-refractivity contribution in [3.8, 4) is 0 Å². The number of methoxy groups -OCH3 is 1. The van der Waals surface area contributed by atoms with Gasteiger partial charge in [0.05, 0.1) is 6.61 Å². The molecule has 3 heteroatoms. The van der Waals surface area contributed by atoms with Crippen molar-refractivity contribution in [3.63, 3.8) is 0 Å². The number of aromatic nitrogens is 1. The Morgan fingerprint density at radius 1 is 1.12 bits per heavy atom. The average molecular weight is 229 g/mol. The maximum absolute atomic E-state index is 10.8. The topological polar surface area (TPSA) is 42.4 Å². The third-order valence-electron chi connectivity index (χ3n) is 2.74. The highest BCUT2D eigenvalue weighted by Gasteiger charge is 2.31. The van der Waals surface area contributed by atoms with E-state index >= 15 is 0 Å². The SMILES string of the molecule is COCC(O)(c1ccccc1)c1cccnc1. The maximum atomic E-state index is 10.8. The molecule has 3 nitrogen and oxygen atoms in total. The molecular formula is C14H15NO2. The molecule has 1 N–H and O–H groups in total. The van der Waals surface area contributed by atoms with Crippen LogP contribution in [0.1, 0.15) is 11.1 Å². The highest BCUT2D eigenvalue weighted by atomic mass is 16.5. The number of ether oxygens (including phenoxy) is 1. The molecule has 0 spiro atoms. The van der Waals surface area contributed by atoms with Gasteiger partial charge in [-0.2, -0.15) is 0 Å². The molecule has 0 aliphatic heterocycles. The Labute approximate surface area is 101 Å². The number of hydrogen-bond acceptors (Lipinski definition) is 3. The summed E-state index contributed by atoms with van der Waals surface area (Å²) in [7, 11) is 1.57. The first-order valence-corrected chi connectivity index (χ1v) is 5.45. The Kier molecular flexibility index (Phi) is 3.52. The van der Waals surface area contributed by atoms with Crippen molar-refractivity contribution in [2.75, 3.05) is 13.7 Å². The molecule has 17 heavy (non-hydrogen) atoms. The molecule has 0 saturated carbocycles. The molecule has 0 saturated heterocycles. The largest absolute Gasteiger partial charge is 0.381 e. The Morgan fingerprint density at radius 2 is 1.82 bits per heavy atom. The summed E-state index contributed by atoms with van der Waals surface area (Å²) in [5.74, 6) is 0. The van der Waals surface area contributed by atoms with Gasteiger partial charge in [0, 0.05) is 25.1 Å². The van der Waals surface area contributed by atoms with Crippen LogP contribution in [0.25, 0.3) is 0 Å². The van der Waals surface area contributed by atoms with Crippen LogP contribution in [0.3, 0.4) is 0 Å². The average Bonchev–Trinajstić information content (AvgIpc) is 2.41. The number of hydrogen-bond donors (Lipinski definition) is 1. The lowest BCUT2D eigenvalue weighted by Crippen LogP contribution is -2.32. The van der Waals surface area contributed by atoms with Gasteiger partial charge in [0.15, 0.2) is 0 Å². The first-order chi connectivity index (χ1) is 8.27. The van der Waals surface area contributed by atoms with Crippen LogP contribution in [0, 0.1) is 0 Å². The normalized spacial score (nSPS) is 14.2. The van der Waals surface area contributed by atoms with Gasteiger partial charge >= 0.3 is 0 Å². The van der Waals surface area contributed by atoms with Crippen molar-refractivity contribution in [2.24, 2.45) is 0 Å². The fourth-order valence-electron chi connectivity index (χ4n) is 1.86. The summed E-state index contributed by atoms with van der Waals surface area (Å²) in [6.45, 7) is 0.197. The second-order valence-corrected chi connectivity index (χ2v) is 3.90. The van der Waals surface area contributed by atoms with Crippen LogP contribution in [-0.2, 0) is 10.3 Å². The van der Waals surface area contributed by atoms with Crippen LogP contribution >= 0.6 is 0 Å². The molecule has 88 valence electrons.